The van der Waals surface area contributed by atoms with Crippen LogP contribution in [0.5, 0.6) is 5.75 Å². The second kappa shape index (κ2) is 10.4. The van der Waals surface area contributed by atoms with E-state index in [1.807, 2.05) is 30.3 Å². The molecule has 0 aromatic heterocycles. The normalized spacial score (nSPS) is 16.1. The smallest absolute Gasteiger partial charge is 0.259 e. The van der Waals surface area contributed by atoms with E-state index in [0.717, 1.165) is 11.3 Å². The topological polar surface area (TPSA) is 95.9 Å². The van der Waals surface area contributed by atoms with Gasteiger partial charge in [0.15, 0.2) is 0 Å². The number of carbonyl (C=O) groups excluding carboxylic acids is 1. The lowest BCUT2D eigenvalue weighted by Gasteiger charge is -2.32. The van der Waals surface area contributed by atoms with Crippen molar-refractivity contribution in [1.82, 2.24) is 9.79 Å². The van der Waals surface area contributed by atoms with Crippen molar-refractivity contribution >= 4 is 15.9 Å². The second-order valence-electron chi connectivity index (χ2n) is 7.39. The summed E-state index contributed by atoms with van der Waals surface area (Å²) < 4.78 is 32.5. The number of benzene rings is 2. The van der Waals surface area contributed by atoms with Gasteiger partial charge in [-0.15, -0.1) is 0 Å². The van der Waals surface area contributed by atoms with Gasteiger partial charge in [0.1, 0.15) is 11.7 Å². The van der Waals surface area contributed by atoms with E-state index in [0.29, 0.717) is 31.5 Å². The summed E-state index contributed by atoms with van der Waals surface area (Å²) in [6.07, 6.45) is 1.39. The predicted molar refractivity (Wildman–Crippen MR) is 117 cm³/mol. The minimum atomic E-state index is -3.72. The molecule has 1 saturated heterocycles. The van der Waals surface area contributed by atoms with Crippen molar-refractivity contribution in [2.75, 3.05) is 26.0 Å². The fourth-order valence-corrected chi connectivity index (χ4v) is 5.25. The summed E-state index contributed by atoms with van der Waals surface area (Å²) in [6.45, 7) is 0.747. The molecule has 0 aliphatic carbocycles. The van der Waals surface area contributed by atoms with Crippen LogP contribution in [0.2, 0.25) is 0 Å². The van der Waals surface area contributed by atoms with E-state index in [1.165, 1.54) is 9.79 Å². The number of hydrogen-bond donors (Lipinski definition) is 2. The van der Waals surface area contributed by atoms with Gasteiger partial charge in [-0.25, -0.2) is 18.2 Å². The largest absolute Gasteiger partial charge is 0.497 e. The molecule has 2 aromatic carbocycles. The van der Waals surface area contributed by atoms with Gasteiger partial charge in [-0.05, 0) is 48.6 Å². The van der Waals surface area contributed by atoms with Gasteiger partial charge in [0, 0.05) is 18.7 Å². The number of rotatable bonds is 6. The van der Waals surface area contributed by atoms with Crippen molar-refractivity contribution in [2.24, 2.45) is 5.92 Å². The molecule has 1 atom stereocenters. The van der Waals surface area contributed by atoms with Crippen molar-refractivity contribution in [1.29, 1.82) is 0 Å². The summed E-state index contributed by atoms with van der Waals surface area (Å²) >= 11 is 0. The summed E-state index contributed by atoms with van der Waals surface area (Å²) in [5.74, 6) is 4.07. The summed E-state index contributed by atoms with van der Waals surface area (Å²) in [5.41, 5.74) is 3.35. The Labute approximate surface area is 183 Å². The molecule has 0 radical (unpaired) electrons. The maximum atomic E-state index is 12.9. The van der Waals surface area contributed by atoms with E-state index < -0.39 is 27.6 Å². The first kappa shape index (κ1) is 22.8. The Kier molecular flexibility index (Phi) is 7.69. The highest BCUT2D eigenvalue weighted by Gasteiger charge is 2.32. The van der Waals surface area contributed by atoms with Gasteiger partial charge in [-0.2, -0.15) is 0 Å². The molecule has 0 spiro atoms. The Morgan fingerprint density at radius 3 is 2.39 bits per heavy atom. The molecule has 164 valence electrons. The first-order chi connectivity index (χ1) is 14.9. The molecule has 1 aliphatic rings. The minimum absolute atomic E-state index is 0.270. The quantitative estimate of drug-likeness (QED) is 0.407. The Hall–Kier alpha value is -2.86. The zero-order chi connectivity index (χ0) is 22.3. The van der Waals surface area contributed by atoms with E-state index in [2.05, 4.69) is 11.8 Å². The lowest BCUT2D eigenvalue weighted by Crippen LogP contribution is -2.42. The average molecular weight is 443 g/mol. The molecule has 1 aliphatic heterocycles. The van der Waals surface area contributed by atoms with Crippen LogP contribution in [0.25, 0.3) is 0 Å². The third kappa shape index (κ3) is 6.07. The number of sulfonamides is 1. The molecule has 8 heteroatoms. The molecule has 0 saturated carbocycles. The predicted octanol–water partition coefficient (Wildman–Crippen LogP) is 2.38. The van der Waals surface area contributed by atoms with Crippen LogP contribution < -0.4 is 10.2 Å². The fourth-order valence-electron chi connectivity index (χ4n) is 3.61. The van der Waals surface area contributed by atoms with E-state index in [4.69, 9.17) is 9.94 Å². The standard InChI is InChI=1S/C23H26N2O5S/c1-30-22-11-9-19(10-12-22)20-13-15-25(16-14-20)31(28,29)17-21(23(26)24-27)8-7-18-5-3-2-4-6-18/h2-6,9-12,20-21,27H,13-17H2,1H3,(H,24,26). The summed E-state index contributed by atoms with van der Waals surface area (Å²) in [6, 6.07) is 16.8. The fraction of sp³-hybridized carbons (Fsp3) is 0.348. The third-order valence-electron chi connectivity index (χ3n) is 5.40. The average Bonchev–Trinajstić information content (AvgIpc) is 2.82. The number of ether oxygens (including phenoxy) is 1. The molecule has 2 aromatic rings. The molecule has 0 bridgehead atoms. The van der Waals surface area contributed by atoms with Crippen molar-refractivity contribution in [3.05, 3.63) is 65.7 Å². The van der Waals surface area contributed by atoms with Crippen LogP contribution in [-0.4, -0.2) is 49.8 Å². The number of amides is 1. The number of hydroxylamine groups is 1. The summed E-state index contributed by atoms with van der Waals surface area (Å²) in [5, 5.41) is 9.02. The van der Waals surface area contributed by atoms with Crippen LogP contribution in [0.15, 0.2) is 54.6 Å². The van der Waals surface area contributed by atoms with E-state index in [1.54, 1.807) is 31.4 Å². The minimum Gasteiger partial charge on any atom is -0.497 e. The SMILES string of the molecule is COc1ccc(C2CCN(S(=O)(=O)CC(C#Cc3ccccc3)C(=O)NO)CC2)cc1. The van der Waals surface area contributed by atoms with Crippen LogP contribution in [-0.2, 0) is 14.8 Å². The van der Waals surface area contributed by atoms with Crippen molar-refractivity contribution in [2.45, 2.75) is 18.8 Å². The molecule has 7 nitrogen and oxygen atoms in total. The zero-order valence-corrected chi connectivity index (χ0v) is 18.1. The summed E-state index contributed by atoms with van der Waals surface area (Å²) in [7, 11) is -2.10. The monoisotopic (exact) mass is 442 g/mol. The van der Waals surface area contributed by atoms with Crippen molar-refractivity contribution < 1.29 is 23.2 Å². The Morgan fingerprint density at radius 1 is 1.16 bits per heavy atom. The number of nitrogens with zero attached hydrogens (tertiary/aromatic N) is 1. The molecule has 1 unspecified atom stereocenters. The number of nitrogens with one attached hydrogen (secondary N) is 1. The Morgan fingerprint density at radius 2 is 1.81 bits per heavy atom. The number of hydrogen-bond acceptors (Lipinski definition) is 5. The van der Waals surface area contributed by atoms with Crippen LogP contribution >= 0.6 is 0 Å². The Bertz CT molecular complexity index is 1030. The van der Waals surface area contributed by atoms with Gasteiger partial charge in [0.2, 0.25) is 10.0 Å². The van der Waals surface area contributed by atoms with Crippen molar-refractivity contribution in [3.8, 4) is 17.6 Å². The van der Waals surface area contributed by atoms with Crippen LogP contribution in [0, 0.1) is 17.8 Å². The molecule has 3 rings (SSSR count). The summed E-state index contributed by atoms with van der Waals surface area (Å²) in [4.78, 5) is 12.0. The Balaban J connectivity index is 1.66. The van der Waals surface area contributed by atoms with Gasteiger partial charge in [-0.1, -0.05) is 42.2 Å². The van der Waals surface area contributed by atoms with Crippen LogP contribution in [0.4, 0.5) is 0 Å². The molecular weight excluding hydrogens is 416 g/mol. The second-order valence-corrected chi connectivity index (χ2v) is 9.40. The van der Waals surface area contributed by atoms with Gasteiger partial charge in [-0.3, -0.25) is 10.0 Å². The molecule has 1 amide bonds. The highest BCUT2D eigenvalue weighted by atomic mass is 32.2. The molecule has 31 heavy (non-hydrogen) atoms. The first-order valence-corrected chi connectivity index (χ1v) is 11.7. The van der Waals surface area contributed by atoms with E-state index in [9.17, 15) is 13.2 Å². The van der Waals surface area contributed by atoms with Gasteiger partial charge in [0.25, 0.3) is 5.91 Å². The third-order valence-corrected chi connectivity index (χ3v) is 7.31. The highest BCUT2D eigenvalue weighted by Crippen LogP contribution is 2.30. The van der Waals surface area contributed by atoms with Crippen molar-refractivity contribution in [3.63, 3.8) is 0 Å². The lowest BCUT2D eigenvalue weighted by molar-refractivity contribution is -0.131. The molecule has 1 heterocycles. The molecule has 2 N–H and O–H groups in total. The van der Waals surface area contributed by atoms with E-state index in [-0.39, 0.29) is 5.92 Å². The number of piperidine rings is 1. The van der Waals surface area contributed by atoms with Crippen LogP contribution in [0.3, 0.4) is 0 Å². The highest BCUT2D eigenvalue weighted by molar-refractivity contribution is 7.89. The maximum Gasteiger partial charge on any atom is 0.259 e. The van der Waals surface area contributed by atoms with Crippen LogP contribution in [0.1, 0.15) is 29.9 Å². The van der Waals surface area contributed by atoms with Gasteiger partial charge >= 0.3 is 0 Å². The number of carbonyl (C=O) groups is 1. The first-order valence-electron chi connectivity index (χ1n) is 10.0. The zero-order valence-electron chi connectivity index (χ0n) is 17.3. The lowest BCUT2D eigenvalue weighted by atomic mass is 9.90. The van der Waals surface area contributed by atoms with Gasteiger partial charge < -0.3 is 4.74 Å². The molecular formula is C23H26N2O5S. The molecule has 1 fully saturated rings. The maximum absolute atomic E-state index is 12.9. The number of methoxy groups -OCH3 is 1. The van der Waals surface area contributed by atoms with E-state index >= 15 is 0 Å². The van der Waals surface area contributed by atoms with Gasteiger partial charge in [0.05, 0.1) is 12.9 Å².